The highest BCUT2D eigenvalue weighted by molar-refractivity contribution is 7.13. The van der Waals surface area contributed by atoms with Gasteiger partial charge in [0.15, 0.2) is 0 Å². The minimum atomic E-state index is -0.117. The van der Waals surface area contributed by atoms with E-state index in [1.165, 1.54) is 11.3 Å². The maximum Gasteiger partial charge on any atom is 0.270 e. The number of carbonyl (C=O) groups excluding carboxylic acids is 1. The molecule has 0 bridgehead atoms. The van der Waals surface area contributed by atoms with E-state index in [4.69, 9.17) is 4.74 Å². The third-order valence-electron chi connectivity index (χ3n) is 3.07. The van der Waals surface area contributed by atoms with Gasteiger partial charge in [-0.05, 0) is 24.0 Å². The highest BCUT2D eigenvalue weighted by Gasteiger charge is 2.12. The second-order valence-electron chi connectivity index (χ2n) is 6.37. The second kappa shape index (κ2) is 8.11. The molecular formula is C18H24N2O2S. The van der Waals surface area contributed by atoms with Crippen LogP contribution in [0.15, 0.2) is 29.6 Å². The molecule has 0 radical (unpaired) electrons. The number of nitrogens with zero attached hydrogens (tertiary/aromatic N) is 1. The predicted octanol–water partition coefficient (Wildman–Crippen LogP) is 4.23. The maximum absolute atomic E-state index is 12.0. The first-order valence-electron chi connectivity index (χ1n) is 7.92. The summed E-state index contributed by atoms with van der Waals surface area (Å²) in [7, 11) is 0. The van der Waals surface area contributed by atoms with Gasteiger partial charge in [0, 0.05) is 17.5 Å². The summed E-state index contributed by atoms with van der Waals surface area (Å²) >= 11 is 1.47. The number of ether oxygens (including phenoxy) is 1. The van der Waals surface area contributed by atoms with Crippen LogP contribution in [0, 0.1) is 11.8 Å². The molecule has 1 aromatic heterocycles. The van der Waals surface area contributed by atoms with Gasteiger partial charge in [-0.3, -0.25) is 4.79 Å². The minimum Gasteiger partial charge on any atom is -0.493 e. The number of carbonyl (C=O) groups is 1. The summed E-state index contributed by atoms with van der Waals surface area (Å²) < 4.78 is 5.75. The van der Waals surface area contributed by atoms with Crippen molar-refractivity contribution in [3.05, 3.63) is 35.3 Å². The Morgan fingerprint density at radius 1 is 1.26 bits per heavy atom. The Morgan fingerprint density at radius 3 is 2.74 bits per heavy atom. The molecule has 0 saturated heterocycles. The van der Waals surface area contributed by atoms with Gasteiger partial charge in [-0.1, -0.05) is 39.8 Å². The predicted molar refractivity (Wildman–Crippen MR) is 95.1 cm³/mol. The fraction of sp³-hybridized carbons (Fsp3) is 0.444. The van der Waals surface area contributed by atoms with E-state index in [-0.39, 0.29) is 5.91 Å². The Labute approximate surface area is 141 Å². The smallest absolute Gasteiger partial charge is 0.270 e. The number of amides is 1. The lowest BCUT2D eigenvalue weighted by Gasteiger charge is -2.09. The largest absolute Gasteiger partial charge is 0.493 e. The molecule has 0 unspecified atom stereocenters. The van der Waals surface area contributed by atoms with Gasteiger partial charge in [-0.25, -0.2) is 4.98 Å². The second-order valence-corrected chi connectivity index (χ2v) is 7.23. The quantitative estimate of drug-likeness (QED) is 0.825. The van der Waals surface area contributed by atoms with E-state index in [1.54, 1.807) is 5.38 Å². The molecule has 1 aromatic carbocycles. The van der Waals surface area contributed by atoms with Gasteiger partial charge in [0.1, 0.15) is 16.5 Å². The van der Waals surface area contributed by atoms with Crippen molar-refractivity contribution in [1.82, 2.24) is 10.3 Å². The maximum atomic E-state index is 12.0. The van der Waals surface area contributed by atoms with Crippen molar-refractivity contribution in [1.29, 1.82) is 0 Å². The van der Waals surface area contributed by atoms with Crippen LogP contribution >= 0.6 is 11.3 Å². The molecule has 0 saturated carbocycles. The Balaban J connectivity index is 2.08. The van der Waals surface area contributed by atoms with Crippen LogP contribution in [0.4, 0.5) is 0 Å². The molecule has 5 heteroatoms. The molecule has 0 aliphatic carbocycles. The van der Waals surface area contributed by atoms with Crippen LogP contribution in [0.2, 0.25) is 0 Å². The standard InChI is InChI=1S/C18H24N2O2S/c1-12(2)9-19-17(21)16-11-23-18(20-16)14-6-5-7-15(8-14)22-10-13(3)4/h5-8,11-13H,9-10H2,1-4H3,(H,19,21). The van der Waals surface area contributed by atoms with Crippen molar-refractivity contribution in [2.75, 3.05) is 13.2 Å². The van der Waals surface area contributed by atoms with Crippen molar-refractivity contribution in [3.8, 4) is 16.3 Å². The number of thiazole rings is 1. The lowest BCUT2D eigenvalue weighted by molar-refractivity contribution is 0.0945. The molecule has 1 amide bonds. The molecule has 4 nitrogen and oxygen atoms in total. The van der Waals surface area contributed by atoms with E-state index in [2.05, 4.69) is 38.0 Å². The Kier molecular flexibility index (Phi) is 6.16. The molecule has 124 valence electrons. The third kappa shape index (κ3) is 5.36. The van der Waals surface area contributed by atoms with E-state index in [1.807, 2.05) is 24.3 Å². The molecule has 0 aliphatic rings. The first kappa shape index (κ1) is 17.5. The van der Waals surface area contributed by atoms with Gasteiger partial charge < -0.3 is 10.1 Å². The summed E-state index contributed by atoms with van der Waals surface area (Å²) in [5.74, 6) is 1.62. The van der Waals surface area contributed by atoms with Gasteiger partial charge in [-0.15, -0.1) is 11.3 Å². The van der Waals surface area contributed by atoms with Crippen LogP contribution in [-0.4, -0.2) is 24.0 Å². The summed E-state index contributed by atoms with van der Waals surface area (Å²) in [5.41, 5.74) is 1.44. The highest BCUT2D eigenvalue weighted by atomic mass is 32.1. The number of nitrogens with one attached hydrogen (secondary N) is 1. The van der Waals surface area contributed by atoms with E-state index in [0.29, 0.717) is 30.7 Å². The topological polar surface area (TPSA) is 51.2 Å². The fourth-order valence-corrected chi connectivity index (χ4v) is 2.68. The third-order valence-corrected chi connectivity index (χ3v) is 3.96. The van der Waals surface area contributed by atoms with E-state index >= 15 is 0 Å². The summed E-state index contributed by atoms with van der Waals surface area (Å²) in [5, 5.41) is 5.51. The van der Waals surface area contributed by atoms with E-state index < -0.39 is 0 Å². The van der Waals surface area contributed by atoms with Crippen molar-refractivity contribution < 1.29 is 9.53 Å². The molecule has 0 atom stereocenters. The summed E-state index contributed by atoms with van der Waals surface area (Å²) in [6, 6.07) is 7.84. The normalized spacial score (nSPS) is 11.0. The van der Waals surface area contributed by atoms with Crippen molar-refractivity contribution in [2.45, 2.75) is 27.7 Å². The van der Waals surface area contributed by atoms with Gasteiger partial charge in [-0.2, -0.15) is 0 Å². The van der Waals surface area contributed by atoms with Gasteiger partial charge >= 0.3 is 0 Å². The van der Waals surface area contributed by atoms with Crippen LogP contribution in [0.25, 0.3) is 10.6 Å². The summed E-state index contributed by atoms with van der Waals surface area (Å²) in [4.78, 5) is 16.5. The number of hydrogen-bond donors (Lipinski definition) is 1. The molecule has 0 fully saturated rings. The minimum absolute atomic E-state index is 0.117. The number of rotatable bonds is 7. The highest BCUT2D eigenvalue weighted by Crippen LogP contribution is 2.27. The molecule has 0 aliphatic heterocycles. The average molecular weight is 332 g/mol. The SMILES string of the molecule is CC(C)CNC(=O)c1csc(-c2cccc(OCC(C)C)c2)n1. The van der Waals surface area contributed by atoms with Crippen LogP contribution in [0.5, 0.6) is 5.75 Å². The zero-order chi connectivity index (χ0) is 16.8. The molecule has 1 N–H and O–H groups in total. The Morgan fingerprint density at radius 2 is 2.04 bits per heavy atom. The Hall–Kier alpha value is -1.88. The lowest BCUT2D eigenvalue weighted by Crippen LogP contribution is -2.27. The monoisotopic (exact) mass is 332 g/mol. The Bertz CT molecular complexity index is 650. The van der Waals surface area contributed by atoms with Gasteiger partial charge in [0.25, 0.3) is 5.91 Å². The number of benzene rings is 1. The zero-order valence-electron chi connectivity index (χ0n) is 14.1. The molecule has 1 heterocycles. The molecule has 2 rings (SSSR count). The van der Waals surface area contributed by atoms with Gasteiger partial charge in [0.2, 0.25) is 0 Å². The van der Waals surface area contributed by atoms with E-state index in [9.17, 15) is 4.79 Å². The zero-order valence-corrected chi connectivity index (χ0v) is 14.9. The molecule has 2 aromatic rings. The molecule has 0 spiro atoms. The molecule has 23 heavy (non-hydrogen) atoms. The first-order valence-corrected chi connectivity index (χ1v) is 8.80. The first-order chi connectivity index (χ1) is 11.0. The van der Waals surface area contributed by atoms with Crippen molar-refractivity contribution in [2.24, 2.45) is 11.8 Å². The van der Waals surface area contributed by atoms with E-state index in [0.717, 1.165) is 16.3 Å². The number of hydrogen-bond acceptors (Lipinski definition) is 4. The van der Waals surface area contributed by atoms with Crippen molar-refractivity contribution >= 4 is 17.2 Å². The summed E-state index contributed by atoms with van der Waals surface area (Å²) in [6.45, 7) is 9.71. The van der Waals surface area contributed by atoms with Crippen LogP contribution in [0.3, 0.4) is 0 Å². The molecular weight excluding hydrogens is 308 g/mol. The lowest BCUT2D eigenvalue weighted by atomic mass is 10.2. The van der Waals surface area contributed by atoms with Gasteiger partial charge in [0.05, 0.1) is 6.61 Å². The average Bonchev–Trinajstić information content (AvgIpc) is 3.01. The number of aromatic nitrogens is 1. The summed E-state index contributed by atoms with van der Waals surface area (Å²) in [6.07, 6.45) is 0. The van der Waals surface area contributed by atoms with Crippen molar-refractivity contribution in [3.63, 3.8) is 0 Å². The van der Waals surface area contributed by atoms with Crippen LogP contribution in [0.1, 0.15) is 38.2 Å². The van der Waals surface area contributed by atoms with Crippen LogP contribution < -0.4 is 10.1 Å². The van der Waals surface area contributed by atoms with Crippen LogP contribution in [-0.2, 0) is 0 Å². The fourth-order valence-electron chi connectivity index (χ4n) is 1.88.